The van der Waals surface area contributed by atoms with Crippen LogP contribution in [0.2, 0.25) is 5.02 Å². The number of anilines is 2. The van der Waals surface area contributed by atoms with E-state index in [2.05, 4.69) is 14.9 Å². The van der Waals surface area contributed by atoms with Gasteiger partial charge in [-0.3, -0.25) is 9.52 Å². The molecule has 3 aromatic rings. The molecule has 1 saturated heterocycles. The van der Waals surface area contributed by atoms with Crippen molar-refractivity contribution in [2.24, 2.45) is 0 Å². The lowest BCUT2D eigenvalue weighted by molar-refractivity contribution is -0.114. The van der Waals surface area contributed by atoms with Gasteiger partial charge in [-0.2, -0.15) is 0 Å². The van der Waals surface area contributed by atoms with Gasteiger partial charge in [0.05, 0.1) is 29.8 Å². The lowest BCUT2D eigenvalue weighted by atomic mass is 10.0. The lowest BCUT2D eigenvalue weighted by Crippen LogP contribution is -2.21. The number of rotatable bonds is 9. The highest BCUT2D eigenvalue weighted by Crippen LogP contribution is 2.40. The van der Waals surface area contributed by atoms with E-state index in [1.54, 1.807) is 48.5 Å². The maximum absolute atomic E-state index is 13.8. The monoisotopic (exact) mass is 559 g/mol. The van der Waals surface area contributed by atoms with Crippen LogP contribution in [0.5, 0.6) is 17.2 Å². The third kappa shape index (κ3) is 6.32. The molecule has 0 unspecified atom stereocenters. The average molecular weight is 560 g/mol. The van der Waals surface area contributed by atoms with Gasteiger partial charge in [-0.1, -0.05) is 23.7 Å². The predicted molar refractivity (Wildman–Crippen MR) is 148 cm³/mol. The molecule has 2 N–H and O–H groups in total. The van der Waals surface area contributed by atoms with E-state index in [-0.39, 0.29) is 22.7 Å². The van der Waals surface area contributed by atoms with Crippen LogP contribution in [0.15, 0.2) is 59.5 Å². The van der Waals surface area contributed by atoms with Crippen LogP contribution in [0.25, 0.3) is 11.1 Å². The van der Waals surface area contributed by atoms with Crippen LogP contribution >= 0.6 is 11.6 Å². The number of halogens is 1. The Bertz CT molecular complexity index is 1450. The van der Waals surface area contributed by atoms with Crippen LogP contribution in [0.4, 0.5) is 11.4 Å². The number of ether oxygens (including phenoxy) is 3. The Morgan fingerprint density at radius 3 is 2.39 bits per heavy atom. The zero-order valence-corrected chi connectivity index (χ0v) is 23.2. The van der Waals surface area contributed by atoms with Gasteiger partial charge >= 0.3 is 0 Å². The van der Waals surface area contributed by atoms with Gasteiger partial charge in [-0.15, -0.1) is 0 Å². The van der Waals surface area contributed by atoms with Crippen molar-refractivity contribution in [3.8, 4) is 28.4 Å². The molecule has 9 nitrogen and oxygen atoms in total. The van der Waals surface area contributed by atoms with Crippen LogP contribution in [0.1, 0.15) is 13.3 Å². The SMILES string of the molecule is COc1cc(-c2cccc(NC(C)=O)c2)c(S(=O)(=O)Nc2ccc(Cl)c(O[C@@H]3CCN(C)C3)c2)cc1OC. The minimum atomic E-state index is -4.13. The number of hydrogen-bond acceptors (Lipinski definition) is 7. The van der Waals surface area contributed by atoms with E-state index < -0.39 is 10.0 Å². The first-order valence-electron chi connectivity index (χ1n) is 11.9. The molecule has 0 radical (unpaired) electrons. The normalized spacial score (nSPS) is 15.7. The van der Waals surface area contributed by atoms with E-state index in [1.165, 1.54) is 27.2 Å². The predicted octanol–water partition coefficient (Wildman–Crippen LogP) is 4.87. The van der Waals surface area contributed by atoms with E-state index in [4.69, 9.17) is 25.8 Å². The maximum atomic E-state index is 13.8. The second-order valence-electron chi connectivity index (χ2n) is 9.01. The molecule has 1 aliphatic rings. The van der Waals surface area contributed by atoms with E-state index >= 15 is 0 Å². The topological polar surface area (TPSA) is 106 Å². The Balaban J connectivity index is 1.73. The Morgan fingerprint density at radius 2 is 1.74 bits per heavy atom. The molecule has 4 rings (SSSR count). The van der Waals surface area contributed by atoms with Crippen LogP contribution in [-0.4, -0.2) is 59.7 Å². The Morgan fingerprint density at radius 1 is 1.00 bits per heavy atom. The third-order valence-corrected chi connectivity index (χ3v) is 7.83. The van der Waals surface area contributed by atoms with Gasteiger partial charge in [0.2, 0.25) is 5.91 Å². The molecule has 0 bridgehead atoms. The molecule has 202 valence electrons. The molecule has 1 aliphatic heterocycles. The second-order valence-corrected chi connectivity index (χ2v) is 11.1. The Hall–Kier alpha value is -3.47. The van der Waals surface area contributed by atoms with Crippen molar-refractivity contribution < 1.29 is 27.4 Å². The number of nitrogens with one attached hydrogen (secondary N) is 2. The van der Waals surface area contributed by atoms with Crippen molar-refractivity contribution in [2.75, 3.05) is 44.4 Å². The summed E-state index contributed by atoms with van der Waals surface area (Å²) in [6.45, 7) is 3.08. The summed E-state index contributed by atoms with van der Waals surface area (Å²) in [5, 5.41) is 3.11. The van der Waals surface area contributed by atoms with Gasteiger partial charge in [0.1, 0.15) is 11.9 Å². The Kier molecular flexibility index (Phi) is 8.35. The van der Waals surface area contributed by atoms with E-state index in [9.17, 15) is 13.2 Å². The summed E-state index contributed by atoms with van der Waals surface area (Å²) in [5.41, 5.74) is 1.74. The molecular weight excluding hydrogens is 530 g/mol. The van der Waals surface area contributed by atoms with Crippen molar-refractivity contribution in [3.05, 3.63) is 59.6 Å². The highest BCUT2D eigenvalue weighted by atomic mass is 35.5. The highest BCUT2D eigenvalue weighted by molar-refractivity contribution is 7.92. The van der Waals surface area contributed by atoms with Crippen LogP contribution < -0.4 is 24.2 Å². The first-order valence-corrected chi connectivity index (χ1v) is 13.8. The summed E-state index contributed by atoms with van der Waals surface area (Å²) in [7, 11) is 0.789. The summed E-state index contributed by atoms with van der Waals surface area (Å²) in [6.07, 6.45) is 0.827. The summed E-state index contributed by atoms with van der Waals surface area (Å²) < 4.78 is 47.0. The standard InChI is InChI=1S/C27H30ClN3O6S/c1-17(32)29-19-7-5-6-18(12-19)22-14-25(35-3)26(36-4)15-27(22)38(33,34)30-20-8-9-23(28)24(13-20)37-21-10-11-31(2)16-21/h5-9,12-15,21,30H,10-11,16H2,1-4H3,(H,29,32)/t21-/m1/s1. The summed E-state index contributed by atoms with van der Waals surface area (Å²) in [4.78, 5) is 13.7. The van der Waals surface area contributed by atoms with Gasteiger partial charge in [0.15, 0.2) is 11.5 Å². The van der Waals surface area contributed by atoms with Crippen LogP contribution in [0.3, 0.4) is 0 Å². The number of sulfonamides is 1. The molecule has 38 heavy (non-hydrogen) atoms. The number of carbonyl (C=O) groups excluding carboxylic acids is 1. The number of benzene rings is 3. The van der Waals surface area contributed by atoms with Crippen molar-refractivity contribution in [1.29, 1.82) is 0 Å². The number of nitrogens with zero attached hydrogens (tertiary/aromatic N) is 1. The molecule has 1 atom stereocenters. The Labute approximate surface area is 227 Å². The first kappa shape index (κ1) is 27.6. The third-order valence-electron chi connectivity index (χ3n) is 6.09. The quantitative estimate of drug-likeness (QED) is 0.385. The van der Waals surface area contributed by atoms with Crippen molar-refractivity contribution >= 4 is 38.9 Å². The minimum absolute atomic E-state index is 0.0299. The fraction of sp³-hybridized carbons (Fsp3) is 0.296. The van der Waals surface area contributed by atoms with Crippen molar-refractivity contribution in [2.45, 2.75) is 24.3 Å². The van der Waals surface area contributed by atoms with Gasteiger partial charge in [0.25, 0.3) is 10.0 Å². The van der Waals surface area contributed by atoms with E-state index in [0.29, 0.717) is 39.0 Å². The molecule has 0 aliphatic carbocycles. The smallest absolute Gasteiger partial charge is 0.262 e. The number of amides is 1. The minimum Gasteiger partial charge on any atom is -0.493 e. The van der Waals surface area contributed by atoms with Gasteiger partial charge < -0.3 is 24.4 Å². The van der Waals surface area contributed by atoms with E-state index in [0.717, 1.165) is 19.5 Å². The number of likely N-dealkylation sites (N-methyl/N-ethyl adjacent to an activating group) is 1. The fourth-order valence-electron chi connectivity index (χ4n) is 4.31. The van der Waals surface area contributed by atoms with Crippen LogP contribution in [0, 0.1) is 0 Å². The molecule has 0 saturated carbocycles. The van der Waals surface area contributed by atoms with Crippen molar-refractivity contribution in [1.82, 2.24) is 4.90 Å². The molecular formula is C27H30ClN3O6S. The van der Waals surface area contributed by atoms with Gasteiger partial charge in [0, 0.05) is 43.4 Å². The fourth-order valence-corrected chi connectivity index (χ4v) is 5.75. The zero-order chi connectivity index (χ0) is 27.4. The average Bonchev–Trinajstić information content (AvgIpc) is 3.29. The van der Waals surface area contributed by atoms with Crippen molar-refractivity contribution in [3.63, 3.8) is 0 Å². The molecule has 3 aromatic carbocycles. The van der Waals surface area contributed by atoms with Gasteiger partial charge in [-0.25, -0.2) is 8.42 Å². The second kappa shape index (κ2) is 11.5. The largest absolute Gasteiger partial charge is 0.493 e. The summed E-state index contributed by atoms with van der Waals surface area (Å²) in [6, 6.07) is 14.6. The zero-order valence-electron chi connectivity index (χ0n) is 21.6. The molecule has 1 heterocycles. The molecule has 0 spiro atoms. The molecule has 1 fully saturated rings. The molecule has 0 aromatic heterocycles. The van der Waals surface area contributed by atoms with Crippen LogP contribution in [-0.2, 0) is 14.8 Å². The maximum Gasteiger partial charge on any atom is 0.262 e. The highest BCUT2D eigenvalue weighted by Gasteiger charge is 2.25. The summed E-state index contributed by atoms with van der Waals surface area (Å²) >= 11 is 6.35. The summed E-state index contributed by atoms with van der Waals surface area (Å²) in [5.74, 6) is 0.770. The van der Waals surface area contributed by atoms with E-state index in [1.807, 2.05) is 7.05 Å². The lowest BCUT2D eigenvalue weighted by Gasteiger charge is -2.18. The molecule has 1 amide bonds. The number of hydrogen-bond donors (Lipinski definition) is 2. The number of likely N-dealkylation sites (tertiary alicyclic amines) is 1. The number of methoxy groups -OCH3 is 2. The first-order chi connectivity index (χ1) is 18.1. The molecule has 11 heteroatoms. The number of carbonyl (C=O) groups is 1. The van der Waals surface area contributed by atoms with Gasteiger partial charge in [-0.05, 0) is 49.4 Å².